The smallest absolute Gasteiger partial charge is 0.250 e. The summed E-state index contributed by atoms with van der Waals surface area (Å²) < 4.78 is 1.97. The fraction of sp³-hybridized carbons (Fsp3) is 0.150. The second-order valence-corrected chi connectivity index (χ2v) is 7.06. The number of carbonyl (C=O) groups excluding carboxylic acids is 2. The predicted molar refractivity (Wildman–Crippen MR) is 107 cm³/mol. The molecule has 138 valence electrons. The fourth-order valence-corrected chi connectivity index (χ4v) is 3.45. The van der Waals surface area contributed by atoms with Gasteiger partial charge in [0.25, 0.3) is 5.91 Å². The van der Waals surface area contributed by atoms with Crippen LogP contribution in [0.5, 0.6) is 0 Å². The molecule has 27 heavy (non-hydrogen) atoms. The monoisotopic (exact) mass is 380 g/mol. The third kappa shape index (κ3) is 4.38. The molecule has 2 amide bonds. The van der Waals surface area contributed by atoms with Gasteiger partial charge in [-0.15, -0.1) is 0 Å². The van der Waals surface area contributed by atoms with Crippen LogP contribution in [-0.2, 0) is 4.79 Å². The molecule has 0 spiro atoms. The second-order valence-electron chi connectivity index (χ2n) is 6.12. The number of amides is 2. The van der Waals surface area contributed by atoms with Crippen molar-refractivity contribution in [3.05, 3.63) is 71.5 Å². The summed E-state index contributed by atoms with van der Waals surface area (Å²) in [5.74, 6) is -0.650. The number of imidazole rings is 1. The first-order valence-corrected chi connectivity index (χ1v) is 9.36. The van der Waals surface area contributed by atoms with Crippen molar-refractivity contribution in [3.8, 4) is 5.69 Å². The maximum absolute atomic E-state index is 12.3. The van der Waals surface area contributed by atoms with Crippen molar-refractivity contribution in [1.82, 2.24) is 9.55 Å². The largest absolute Gasteiger partial charge is 0.366 e. The van der Waals surface area contributed by atoms with Crippen LogP contribution < -0.4 is 11.1 Å². The summed E-state index contributed by atoms with van der Waals surface area (Å²) in [5.41, 5.74) is 9.35. The lowest BCUT2D eigenvalue weighted by atomic mass is 10.1. The normalized spacial score (nSPS) is 10.6. The van der Waals surface area contributed by atoms with Gasteiger partial charge in [0.05, 0.1) is 22.7 Å². The molecule has 3 N–H and O–H groups in total. The van der Waals surface area contributed by atoms with Crippen LogP contribution in [0, 0.1) is 13.8 Å². The van der Waals surface area contributed by atoms with E-state index < -0.39 is 5.91 Å². The van der Waals surface area contributed by atoms with Crippen LogP contribution in [0.2, 0.25) is 0 Å². The summed E-state index contributed by atoms with van der Waals surface area (Å²) in [7, 11) is 0. The molecule has 7 heteroatoms. The zero-order chi connectivity index (χ0) is 19.4. The molecule has 6 nitrogen and oxygen atoms in total. The van der Waals surface area contributed by atoms with E-state index >= 15 is 0 Å². The van der Waals surface area contributed by atoms with Crippen LogP contribution in [0.3, 0.4) is 0 Å². The molecule has 1 heterocycles. The van der Waals surface area contributed by atoms with E-state index in [9.17, 15) is 9.59 Å². The van der Waals surface area contributed by atoms with E-state index in [1.54, 1.807) is 30.5 Å². The van der Waals surface area contributed by atoms with E-state index in [1.165, 1.54) is 11.8 Å². The van der Waals surface area contributed by atoms with E-state index in [0.717, 1.165) is 22.0 Å². The van der Waals surface area contributed by atoms with Crippen molar-refractivity contribution in [1.29, 1.82) is 0 Å². The minimum atomic E-state index is -0.580. The Morgan fingerprint density at radius 3 is 2.74 bits per heavy atom. The number of hydrogen-bond donors (Lipinski definition) is 2. The number of rotatable bonds is 6. The summed E-state index contributed by atoms with van der Waals surface area (Å²) in [6.07, 6.45) is 3.59. The first-order chi connectivity index (χ1) is 13.0. The van der Waals surface area contributed by atoms with Crippen LogP contribution in [0.4, 0.5) is 5.69 Å². The van der Waals surface area contributed by atoms with Crippen molar-refractivity contribution < 1.29 is 9.59 Å². The van der Waals surface area contributed by atoms with Gasteiger partial charge in [-0.2, -0.15) is 0 Å². The first kappa shape index (κ1) is 18.7. The highest BCUT2D eigenvalue weighted by atomic mass is 32.2. The highest BCUT2D eigenvalue weighted by molar-refractivity contribution is 7.99. The van der Waals surface area contributed by atoms with Gasteiger partial charge in [-0.1, -0.05) is 36.0 Å². The number of carbonyl (C=O) groups is 2. The highest BCUT2D eigenvalue weighted by Gasteiger charge is 2.13. The van der Waals surface area contributed by atoms with Crippen molar-refractivity contribution in [3.63, 3.8) is 0 Å². The van der Waals surface area contributed by atoms with Crippen molar-refractivity contribution >= 4 is 29.3 Å². The zero-order valence-corrected chi connectivity index (χ0v) is 15.9. The lowest BCUT2D eigenvalue weighted by Gasteiger charge is -2.12. The SMILES string of the molecule is Cc1ccc(C)c(-n2ccnc2SCC(=O)Nc2ccccc2C(N)=O)c1. The minimum absolute atomic E-state index is 0.162. The summed E-state index contributed by atoms with van der Waals surface area (Å²) in [6, 6.07) is 12.9. The van der Waals surface area contributed by atoms with E-state index in [4.69, 9.17) is 5.73 Å². The van der Waals surface area contributed by atoms with E-state index in [0.29, 0.717) is 5.69 Å². The number of nitrogens with one attached hydrogen (secondary N) is 1. The molecule has 0 fully saturated rings. The molecule has 0 saturated heterocycles. The minimum Gasteiger partial charge on any atom is -0.366 e. The van der Waals surface area contributed by atoms with Crippen LogP contribution in [0.15, 0.2) is 60.0 Å². The summed E-state index contributed by atoms with van der Waals surface area (Å²) in [6.45, 7) is 4.08. The zero-order valence-electron chi connectivity index (χ0n) is 15.1. The van der Waals surface area contributed by atoms with Crippen LogP contribution >= 0.6 is 11.8 Å². The van der Waals surface area contributed by atoms with Crippen molar-refractivity contribution in [2.75, 3.05) is 11.1 Å². The molecule has 0 aliphatic carbocycles. The molecule has 0 atom stereocenters. The van der Waals surface area contributed by atoms with Gasteiger partial charge in [-0.3, -0.25) is 14.2 Å². The van der Waals surface area contributed by atoms with Crippen LogP contribution in [0.1, 0.15) is 21.5 Å². The van der Waals surface area contributed by atoms with E-state index in [1.807, 2.05) is 24.6 Å². The topological polar surface area (TPSA) is 90.0 Å². The molecule has 2 aromatic carbocycles. The van der Waals surface area contributed by atoms with Gasteiger partial charge in [-0.05, 0) is 43.2 Å². The molecule has 0 bridgehead atoms. The molecule has 3 rings (SSSR count). The van der Waals surface area contributed by atoms with E-state index in [2.05, 4.69) is 28.5 Å². The molecule has 3 aromatic rings. The maximum Gasteiger partial charge on any atom is 0.250 e. The average molecular weight is 380 g/mol. The lowest BCUT2D eigenvalue weighted by Crippen LogP contribution is -2.19. The van der Waals surface area contributed by atoms with Gasteiger partial charge in [0.2, 0.25) is 5.91 Å². The van der Waals surface area contributed by atoms with Gasteiger partial charge in [0, 0.05) is 12.4 Å². The standard InChI is InChI=1S/C20H20N4O2S/c1-13-7-8-14(2)17(11-13)24-10-9-22-20(24)27-12-18(25)23-16-6-4-3-5-15(16)19(21)26/h3-11H,12H2,1-2H3,(H2,21,26)(H,23,25). The van der Waals surface area contributed by atoms with Crippen LogP contribution in [0.25, 0.3) is 5.69 Å². The van der Waals surface area contributed by atoms with Gasteiger partial charge in [0.15, 0.2) is 5.16 Å². The van der Waals surface area contributed by atoms with Gasteiger partial charge in [0.1, 0.15) is 0 Å². The van der Waals surface area contributed by atoms with E-state index in [-0.39, 0.29) is 17.2 Å². The Kier molecular flexibility index (Phi) is 5.61. The van der Waals surface area contributed by atoms with Crippen molar-refractivity contribution in [2.45, 2.75) is 19.0 Å². The fourth-order valence-electron chi connectivity index (χ4n) is 2.68. The van der Waals surface area contributed by atoms with Crippen LogP contribution in [-0.4, -0.2) is 27.1 Å². The third-order valence-corrected chi connectivity index (χ3v) is 5.00. The molecule has 0 saturated carbocycles. The summed E-state index contributed by atoms with van der Waals surface area (Å²) in [4.78, 5) is 28.2. The molecular formula is C20H20N4O2S. The molecule has 0 unspecified atom stereocenters. The Morgan fingerprint density at radius 2 is 1.96 bits per heavy atom. The number of nitrogens with zero attached hydrogens (tertiary/aromatic N) is 2. The Hall–Kier alpha value is -3.06. The number of para-hydroxylation sites is 1. The molecule has 0 aliphatic rings. The summed E-state index contributed by atoms with van der Waals surface area (Å²) >= 11 is 1.33. The van der Waals surface area contributed by atoms with Gasteiger partial charge < -0.3 is 11.1 Å². The third-order valence-electron chi connectivity index (χ3n) is 4.03. The molecule has 0 radical (unpaired) electrons. The Morgan fingerprint density at radius 1 is 1.19 bits per heavy atom. The molecule has 0 aliphatic heterocycles. The predicted octanol–water partition coefficient (Wildman–Crippen LogP) is 3.32. The Labute approximate surface area is 161 Å². The molecule has 1 aromatic heterocycles. The number of thioether (sulfide) groups is 1. The first-order valence-electron chi connectivity index (χ1n) is 8.38. The number of nitrogens with two attached hydrogens (primary N) is 1. The van der Waals surface area contributed by atoms with Crippen molar-refractivity contribution in [2.24, 2.45) is 5.73 Å². The van der Waals surface area contributed by atoms with Gasteiger partial charge in [-0.25, -0.2) is 4.98 Å². The lowest BCUT2D eigenvalue weighted by molar-refractivity contribution is -0.113. The highest BCUT2D eigenvalue weighted by Crippen LogP contribution is 2.24. The quantitative estimate of drug-likeness (QED) is 0.642. The number of aromatic nitrogens is 2. The molecular weight excluding hydrogens is 360 g/mol. The van der Waals surface area contributed by atoms with Gasteiger partial charge >= 0.3 is 0 Å². The number of primary amides is 1. The number of hydrogen-bond acceptors (Lipinski definition) is 4. The summed E-state index contributed by atoms with van der Waals surface area (Å²) in [5, 5.41) is 3.46. The maximum atomic E-state index is 12.3. The second kappa shape index (κ2) is 8.09. The number of anilines is 1. The number of benzene rings is 2. The Bertz CT molecular complexity index is 997. The average Bonchev–Trinajstić information content (AvgIpc) is 3.10. The number of aryl methyl sites for hydroxylation is 2. The Balaban J connectivity index is 1.72.